The number of hydrogen-bond donors (Lipinski definition) is 2. The summed E-state index contributed by atoms with van der Waals surface area (Å²) in [5, 5.41) is 5.41. The van der Waals surface area contributed by atoms with Gasteiger partial charge in [-0.25, -0.2) is 8.78 Å². The third kappa shape index (κ3) is 4.88. The van der Waals surface area contributed by atoms with Crippen LogP contribution in [-0.4, -0.2) is 18.2 Å². The van der Waals surface area contributed by atoms with Crippen LogP contribution in [0.3, 0.4) is 0 Å². The van der Waals surface area contributed by atoms with Gasteiger partial charge in [0.25, 0.3) is 0 Å². The smallest absolute Gasteiger partial charge is 0.226 e. The van der Waals surface area contributed by atoms with Crippen molar-refractivity contribution in [1.82, 2.24) is 0 Å². The monoisotopic (exact) mass is 318 g/mol. The second kappa shape index (κ2) is 7.49. The Morgan fingerprint density at radius 3 is 2.35 bits per heavy atom. The van der Waals surface area contributed by atoms with Crippen molar-refractivity contribution in [3.63, 3.8) is 0 Å². The van der Waals surface area contributed by atoms with Gasteiger partial charge in [-0.3, -0.25) is 9.59 Å². The zero-order valence-corrected chi connectivity index (χ0v) is 12.5. The number of halogens is 2. The average molecular weight is 318 g/mol. The van der Waals surface area contributed by atoms with Gasteiger partial charge >= 0.3 is 0 Å². The Labute approximate surface area is 132 Å². The number of benzene rings is 2. The van der Waals surface area contributed by atoms with Gasteiger partial charge < -0.3 is 10.6 Å². The number of nitrogens with one attached hydrogen (secondary N) is 2. The topological polar surface area (TPSA) is 58.2 Å². The maximum absolute atomic E-state index is 13.4. The fraction of sp³-hybridized carbons (Fsp3) is 0.176. The molecule has 0 aliphatic heterocycles. The molecule has 2 aromatic rings. The largest absolute Gasteiger partial charge is 0.382 e. The minimum atomic E-state index is -0.703. The first-order valence-corrected chi connectivity index (χ1v) is 7.05. The van der Waals surface area contributed by atoms with Crippen LogP contribution in [0.4, 0.5) is 20.2 Å². The zero-order chi connectivity index (χ0) is 16.8. The molecule has 0 saturated heterocycles. The van der Waals surface area contributed by atoms with Crippen molar-refractivity contribution in [3.05, 3.63) is 59.7 Å². The van der Waals surface area contributed by atoms with Crippen molar-refractivity contribution in [2.45, 2.75) is 13.3 Å². The van der Waals surface area contributed by atoms with Crippen LogP contribution in [0, 0.1) is 11.6 Å². The van der Waals surface area contributed by atoms with Crippen molar-refractivity contribution < 1.29 is 18.4 Å². The maximum atomic E-state index is 13.4. The third-order valence-electron chi connectivity index (χ3n) is 3.17. The summed E-state index contributed by atoms with van der Waals surface area (Å²) in [4.78, 5) is 22.9. The molecule has 0 aromatic heterocycles. The van der Waals surface area contributed by atoms with Crippen LogP contribution in [-0.2, 0) is 4.79 Å². The molecule has 23 heavy (non-hydrogen) atoms. The molecule has 0 bridgehead atoms. The number of Topliss-reactive ketones (excluding diaryl/α,β-unsaturated/α-hetero) is 1. The Kier molecular flexibility index (Phi) is 5.41. The second-order valence-corrected chi connectivity index (χ2v) is 4.98. The van der Waals surface area contributed by atoms with Crippen LogP contribution < -0.4 is 10.6 Å². The Hall–Kier alpha value is -2.76. The van der Waals surface area contributed by atoms with Crippen LogP contribution in [0.5, 0.6) is 0 Å². The van der Waals surface area contributed by atoms with Crippen LogP contribution in [0.15, 0.2) is 42.5 Å². The predicted molar refractivity (Wildman–Crippen MR) is 84.5 cm³/mol. The highest BCUT2D eigenvalue weighted by atomic mass is 19.1. The van der Waals surface area contributed by atoms with E-state index in [9.17, 15) is 18.4 Å². The lowest BCUT2D eigenvalue weighted by Crippen LogP contribution is -2.16. The molecule has 6 heteroatoms. The average Bonchev–Trinajstić information content (AvgIpc) is 2.50. The van der Waals surface area contributed by atoms with E-state index < -0.39 is 11.6 Å². The van der Waals surface area contributed by atoms with E-state index in [1.807, 2.05) is 0 Å². The molecule has 0 heterocycles. The summed E-state index contributed by atoms with van der Waals surface area (Å²) in [5.74, 6) is -1.66. The van der Waals surface area contributed by atoms with E-state index in [2.05, 4.69) is 10.6 Å². The van der Waals surface area contributed by atoms with Gasteiger partial charge in [-0.15, -0.1) is 0 Å². The van der Waals surface area contributed by atoms with Crippen molar-refractivity contribution in [2.75, 3.05) is 17.2 Å². The van der Waals surface area contributed by atoms with E-state index in [4.69, 9.17) is 0 Å². The molecule has 0 radical (unpaired) electrons. The summed E-state index contributed by atoms with van der Waals surface area (Å²) >= 11 is 0. The lowest BCUT2D eigenvalue weighted by atomic mass is 10.1. The van der Waals surface area contributed by atoms with E-state index in [0.717, 1.165) is 12.1 Å². The molecule has 1 amide bonds. The quantitative estimate of drug-likeness (QED) is 0.800. The number of amides is 1. The van der Waals surface area contributed by atoms with Gasteiger partial charge in [-0.1, -0.05) is 0 Å². The molecule has 2 N–H and O–H groups in total. The fourth-order valence-electron chi connectivity index (χ4n) is 1.96. The number of carbonyl (C=O) groups is 2. The summed E-state index contributed by atoms with van der Waals surface area (Å²) in [6.07, 6.45) is 0.116. The predicted octanol–water partition coefficient (Wildman–Crippen LogP) is 3.61. The van der Waals surface area contributed by atoms with E-state index in [-0.39, 0.29) is 30.3 Å². The molecule has 4 nitrogen and oxygen atoms in total. The van der Waals surface area contributed by atoms with Crippen LogP contribution >= 0.6 is 0 Å². The SMILES string of the molecule is CC(=O)c1ccc(NC(=O)CCNc2ccc(F)cc2F)cc1. The Morgan fingerprint density at radius 1 is 1.04 bits per heavy atom. The molecule has 0 aliphatic rings. The molecule has 2 rings (SSSR count). The van der Waals surface area contributed by atoms with Crippen molar-refractivity contribution in [3.8, 4) is 0 Å². The molecule has 0 fully saturated rings. The molecule has 0 saturated carbocycles. The standard InChI is InChI=1S/C17H16F2N2O2/c1-11(22)12-2-5-14(6-3-12)21-17(23)8-9-20-16-7-4-13(18)10-15(16)19/h2-7,10,20H,8-9H2,1H3,(H,21,23). The van der Waals surface area contributed by atoms with Gasteiger partial charge in [0, 0.05) is 30.3 Å². The van der Waals surface area contributed by atoms with Crippen molar-refractivity contribution in [2.24, 2.45) is 0 Å². The van der Waals surface area contributed by atoms with Crippen LogP contribution in [0.2, 0.25) is 0 Å². The summed E-state index contributed by atoms with van der Waals surface area (Å²) in [6, 6.07) is 9.74. The molecular formula is C17H16F2N2O2. The van der Waals surface area contributed by atoms with Gasteiger partial charge in [0.15, 0.2) is 5.78 Å². The Bertz CT molecular complexity index is 715. The van der Waals surface area contributed by atoms with Gasteiger partial charge in [-0.2, -0.15) is 0 Å². The normalized spacial score (nSPS) is 10.2. The Balaban J connectivity index is 1.82. The van der Waals surface area contributed by atoms with Gasteiger partial charge in [0.1, 0.15) is 11.6 Å². The fourth-order valence-corrected chi connectivity index (χ4v) is 1.96. The molecule has 0 aliphatic carbocycles. The zero-order valence-electron chi connectivity index (χ0n) is 12.5. The van der Waals surface area contributed by atoms with Crippen molar-refractivity contribution >= 4 is 23.1 Å². The molecule has 120 valence electrons. The van der Waals surface area contributed by atoms with Gasteiger partial charge in [-0.05, 0) is 43.3 Å². The number of hydrogen-bond acceptors (Lipinski definition) is 3. The number of ketones is 1. The second-order valence-electron chi connectivity index (χ2n) is 4.98. The van der Waals surface area contributed by atoms with E-state index in [1.54, 1.807) is 24.3 Å². The summed E-state index contributed by atoms with van der Waals surface area (Å²) < 4.78 is 26.2. The Morgan fingerprint density at radius 2 is 1.74 bits per heavy atom. The summed E-state index contributed by atoms with van der Waals surface area (Å²) in [7, 11) is 0. The number of anilines is 2. The first kappa shape index (κ1) is 16.6. The molecule has 0 spiro atoms. The molecule has 0 unspecified atom stereocenters. The lowest BCUT2D eigenvalue weighted by molar-refractivity contribution is -0.115. The molecular weight excluding hydrogens is 302 g/mol. The van der Waals surface area contributed by atoms with Crippen LogP contribution in [0.25, 0.3) is 0 Å². The lowest BCUT2D eigenvalue weighted by Gasteiger charge is -2.08. The van der Waals surface area contributed by atoms with Gasteiger partial charge in [0.2, 0.25) is 5.91 Å². The minimum absolute atomic E-state index is 0.0478. The number of carbonyl (C=O) groups excluding carboxylic acids is 2. The first-order chi connectivity index (χ1) is 11.0. The third-order valence-corrected chi connectivity index (χ3v) is 3.17. The summed E-state index contributed by atoms with van der Waals surface area (Å²) in [6.45, 7) is 1.67. The molecule has 2 aromatic carbocycles. The van der Waals surface area contributed by atoms with Gasteiger partial charge in [0.05, 0.1) is 5.69 Å². The summed E-state index contributed by atoms with van der Waals surface area (Å²) in [5.41, 5.74) is 1.29. The van der Waals surface area contributed by atoms with E-state index >= 15 is 0 Å². The minimum Gasteiger partial charge on any atom is -0.382 e. The molecule has 0 atom stereocenters. The van der Waals surface area contributed by atoms with Crippen molar-refractivity contribution in [1.29, 1.82) is 0 Å². The number of rotatable bonds is 6. The first-order valence-electron chi connectivity index (χ1n) is 7.05. The van der Waals surface area contributed by atoms with Crippen LogP contribution in [0.1, 0.15) is 23.7 Å². The highest BCUT2D eigenvalue weighted by Crippen LogP contribution is 2.15. The highest BCUT2D eigenvalue weighted by molar-refractivity contribution is 5.95. The maximum Gasteiger partial charge on any atom is 0.226 e. The van der Waals surface area contributed by atoms with E-state index in [0.29, 0.717) is 11.3 Å². The van der Waals surface area contributed by atoms with E-state index in [1.165, 1.54) is 13.0 Å². The highest BCUT2D eigenvalue weighted by Gasteiger charge is 2.06.